The largest absolute Gasteiger partial charge is 0.279 e. The third-order valence-electron chi connectivity index (χ3n) is 3.37. The van der Waals surface area contributed by atoms with Gasteiger partial charge in [-0.2, -0.15) is 17.8 Å². The first kappa shape index (κ1) is 14.5. The van der Waals surface area contributed by atoms with Crippen molar-refractivity contribution in [3.63, 3.8) is 0 Å². The van der Waals surface area contributed by atoms with E-state index >= 15 is 0 Å². The molecule has 1 aliphatic rings. The first-order valence-corrected chi connectivity index (χ1v) is 8.24. The summed E-state index contributed by atoms with van der Waals surface area (Å²) in [5.41, 5.74) is 0. The van der Waals surface area contributed by atoms with Gasteiger partial charge in [-0.05, 0) is 31.2 Å². The van der Waals surface area contributed by atoms with Gasteiger partial charge in [-0.25, -0.2) is 4.72 Å². The second-order valence-corrected chi connectivity index (χ2v) is 6.88. The van der Waals surface area contributed by atoms with E-state index in [1.165, 1.54) is 0 Å². The maximum Gasteiger partial charge on any atom is 0.279 e. The van der Waals surface area contributed by atoms with Crippen LogP contribution < -0.4 is 4.72 Å². The lowest BCUT2D eigenvalue weighted by Gasteiger charge is -2.29. The van der Waals surface area contributed by atoms with Crippen molar-refractivity contribution >= 4 is 10.2 Å². The molecule has 1 atom stereocenters. The number of nitrogens with zero attached hydrogens (tertiary/aromatic N) is 3. The lowest BCUT2D eigenvalue weighted by Crippen LogP contribution is -2.45. The van der Waals surface area contributed by atoms with Gasteiger partial charge < -0.3 is 0 Å². The minimum absolute atomic E-state index is 0.451. The monoisotopic (exact) mass is 286 g/mol. The number of nitrogens with one attached hydrogen (secondary N) is 1. The lowest BCUT2D eigenvalue weighted by molar-refractivity contribution is 0.278. The Kier molecular flexibility index (Phi) is 4.95. The Hall–Kier alpha value is -0.920. The quantitative estimate of drug-likeness (QED) is 0.788. The Morgan fingerprint density at radius 1 is 1.47 bits per heavy atom. The molecule has 0 amide bonds. The Bertz CT molecular complexity index is 472. The molecule has 1 unspecified atom stereocenters. The molecule has 7 heteroatoms. The van der Waals surface area contributed by atoms with Gasteiger partial charge in [-0.1, -0.05) is 6.92 Å². The summed E-state index contributed by atoms with van der Waals surface area (Å²) < 4.78 is 30.2. The molecule has 1 aliphatic heterocycles. The average Bonchev–Trinajstić information content (AvgIpc) is 2.88. The van der Waals surface area contributed by atoms with E-state index in [9.17, 15) is 8.42 Å². The van der Waals surface area contributed by atoms with Gasteiger partial charge in [0.25, 0.3) is 10.2 Å². The molecule has 1 saturated heterocycles. The summed E-state index contributed by atoms with van der Waals surface area (Å²) in [5, 5.41) is 4.08. The molecule has 0 radical (unpaired) electrons. The molecule has 0 aromatic carbocycles. The number of hydrogen-bond acceptors (Lipinski definition) is 3. The molecule has 1 aromatic rings. The fourth-order valence-electron chi connectivity index (χ4n) is 2.33. The summed E-state index contributed by atoms with van der Waals surface area (Å²) in [7, 11) is -3.30. The molecule has 0 saturated carbocycles. The zero-order valence-corrected chi connectivity index (χ0v) is 12.1. The molecular weight excluding hydrogens is 264 g/mol. The van der Waals surface area contributed by atoms with E-state index in [1.807, 2.05) is 12.3 Å². The number of aryl methyl sites for hydroxylation is 1. The highest BCUT2D eigenvalue weighted by molar-refractivity contribution is 7.87. The molecule has 2 heterocycles. The van der Waals surface area contributed by atoms with Crippen molar-refractivity contribution in [2.45, 2.75) is 32.7 Å². The Morgan fingerprint density at radius 2 is 2.32 bits per heavy atom. The summed E-state index contributed by atoms with van der Waals surface area (Å²) in [6, 6.07) is 1.86. The Balaban J connectivity index is 1.74. The summed E-state index contributed by atoms with van der Waals surface area (Å²) in [6.45, 7) is 4.55. The van der Waals surface area contributed by atoms with Crippen LogP contribution in [0.4, 0.5) is 0 Å². The van der Waals surface area contributed by atoms with Crippen LogP contribution in [0.1, 0.15) is 26.2 Å². The molecule has 1 N–H and O–H groups in total. The van der Waals surface area contributed by atoms with E-state index in [-0.39, 0.29) is 0 Å². The van der Waals surface area contributed by atoms with E-state index in [2.05, 4.69) is 16.7 Å². The molecule has 6 nitrogen and oxygen atoms in total. The van der Waals surface area contributed by atoms with Crippen molar-refractivity contribution in [2.75, 3.05) is 19.6 Å². The van der Waals surface area contributed by atoms with Crippen molar-refractivity contribution < 1.29 is 8.42 Å². The molecular formula is C12H22N4O2S. The van der Waals surface area contributed by atoms with Crippen molar-refractivity contribution in [1.82, 2.24) is 18.8 Å². The van der Waals surface area contributed by atoms with Gasteiger partial charge in [-0.3, -0.25) is 4.68 Å². The van der Waals surface area contributed by atoms with Crippen molar-refractivity contribution in [2.24, 2.45) is 5.92 Å². The second-order valence-electron chi connectivity index (χ2n) is 5.13. The standard InChI is InChI=1S/C12H22N4O2S/c1-12-5-2-10-16(11-12)19(17,18)14-7-4-9-15-8-3-6-13-15/h3,6,8,12,14H,2,4-5,7,9-11H2,1H3. The normalized spacial score (nSPS) is 21.6. The van der Waals surface area contributed by atoms with Gasteiger partial charge in [0.15, 0.2) is 0 Å². The number of hydrogen-bond donors (Lipinski definition) is 1. The van der Waals surface area contributed by atoms with Crippen LogP contribution in [0.25, 0.3) is 0 Å². The highest BCUT2D eigenvalue weighted by Gasteiger charge is 2.26. The lowest BCUT2D eigenvalue weighted by atomic mass is 10.0. The topological polar surface area (TPSA) is 67.2 Å². The number of aromatic nitrogens is 2. The van der Waals surface area contributed by atoms with Crippen LogP contribution in [0.15, 0.2) is 18.5 Å². The predicted molar refractivity (Wildman–Crippen MR) is 73.7 cm³/mol. The minimum atomic E-state index is -3.30. The fourth-order valence-corrected chi connectivity index (χ4v) is 3.74. The third kappa shape index (κ3) is 4.29. The second kappa shape index (κ2) is 6.49. The Morgan fingerprint density at radius 3 is 3.00 bits per heavy atom. The van der Waals surface area contributed by atoms with Crippen LogP contribution in [0.3, 0.4) is 0 Å². The molecule has 0 spiro atoms. The van der Waals surface area contributed by atoms with Gasteiger partial charge in [0.1, 0.15) is 0 Å². The Labute approximate surface area is 115 Å². The maximum atomic E-state index is 12.1. The van der Waals surface area contributed by atoms with E-state index in [0.717, 1.165) is 25.8 Å². The van der Waals surface area contributed by atoms with Crippen LogP contribution in [-0.4, -0.2) is 42.1 Å². The zero-order valence-electron chi connectivity index (χ0n) is 11.3. The smallest absolute Gasteiger partial charge is 0.273 e. The molecule has 2 rings (SSSR count). The number of rotatable bonds is 6. The van der Waals surface area contributed by atoms with Gasteiger partial charge >= 0.3 is 0 Å². The van der Waals surface area contributed by atoms with Crippen molar-refractivity contribution in [1.29, 1.82) is 0 Å². The van der Waals surface area contributed by atoms with Crippen LogP contribution in [-0.2, 0) is 16.8 Å². The van der Waals surface area contributed by atoms with E-state index in [1.54, 1.807) is 15.2 Å². The number of piperidine rings is 1. The van der Waals surface area contributed by atoms with Gasteiger partial charge in [-0.15, -0.1) is 0 Å². The average molecular weight is 286 g/mol. The van der Waals surface area contributed by atoms with Gasteiger partial charge in [0.2, 0.25) is 0 Å². The van der Waals surface area contributed by atoms with Gasteiger partial charge in [0.05, 0.1) is 0 Å². The van der Waals surface area contributed by atoms with E-state index in [4.69, 9.17) is 0 Å². The fraction of sp³-hybridized carbons (Fsp3) is 0.750. The molecule has 0 aliphatic carbocycles. The first-order chi connectivity index (χ1) is 9.08. The summed E-state index contributed by atoms with van der Waals surface area (Å²) >= 11 is 0. The van der Waals surface area contributed by atoms with Crippen LogP contribution >= 0.6 is 0 Å². The molecule has 108 valence electrons. The molecule has 1 aromatic heterocycles. The minimum Gasteiger partial charge on any atom is -0.273 e. The maximum absolute atomic E-state index is 12.1. The van der Waals surface area contributed by atoms with Gasteiger partial charge in [0, 0.05) is 38.6 Å². The van der Waals surface area contributed by atoms with Crippen LogP contribution in [0, 0.1) is 5.92 Å². The van der Waals surface area contributed by atoms with Crippen molar-refractivity contribution in [3.8, 4) is 0 Å². The summed E-state index contributed by atoms with van der Waals surface area (Å²) in [4.78, 5) is 0. The van der Waals surface area contributed by atoms with Crippen LogP contribution in [0.2, 0.25) is 0 Å². The molecule has 1 fully saturated rings. The molecule has 0 bridgehead atoms. The molecule has 19 heavy (non-hydrogen) atoms. The van der Waals surface area contributed by atoms with E-state index < -0.39 is 10.2 Å². The predicted octanol–water partition coefficient (Wildman–Crippen LogP) is 0.839. The SMILES string of the molecule is CC1CCCN(S(=O)(=O)NCCCn2cccn2)C1. The zero-order chi connectivity index (χ0) is 13.7. The highest BCUT2D eigenvalue weighted by atomic mass is 32.2. The van der Waals surface area contributed by atoms with Crippen molar-refractivity contribution in [3.05, 3.63) is 18.5 Å². The first-order valence-electron chi connectivity index (χ1n) is 6.80. The van der Waals surface area contributed by atoms with E-state index in [0.29, 0.717) is 25.6 Å². The summed E-state index contributed by atoms with van der Waals surface area (Å²) in [5.74, 6) is 0.453. The third-order valence-corrected chi connectivity index (χ3v) is 4.95. The summed E-state index contributed by atoms with van der Waals surface area (Å²) in [6.07, 6.45) is 6.41. The highest BCUT2D eigenvalue weighted by Crippen LogP contribution is 2.17. The van der Waals surface area contributed by atoms with Crippen LogP contribution in [0.5, 0.6) is 0 Å².